The second-order valence-corrected chi connectivity index (χ2v) is 8.59. The van der Waals surface area contributed by atoms with Crippen LogP contribution < -0.4 is 4.90 Å². The smallest absolute Gasteiger partial charge is 0.244 e. The fourth-order valence-electron chi connectivity index (χ4n) is 4.38. The van der Waals surface area contributed by atoms with Gasteiger partial charge in [0.2, 0.25) is 5.91 Å². The highest BCUT2D eigenvalue weighted by molar-refractivity contribution is 6.01. The van der Waals surface area contributed by atoms with Gasteiger partial charge in [0.25, 0.3) is 0 Å². The van der Waals surface area contributed by atoms with Gasteiger partial charge in [-0.25, -0.2) is 0 Å². The number of anilines is 1. The molecule has 1 fully saturated rings. The van der Waals surface area contributed by atoms with Crippen LogP contribution in [0.4, 0.5) is 5.69 Å². The lowest BCUT2D eigenvalue weighted by molar-refractivity contribution is -0.129. The Kier molecular flexibility index (Phi) is 6.40. The first-order valence-corrected chi connectivity index (χ1v) is 11.1. The Morgan fingerprint density at radius 1 is 1.03 bits per heavy atom. The third-order valence-corrected chi connectivity index (χ3v) is 6.08. The van der Waals surface area contributed by atoms with Crippen molar-refractivity contribution in [2.75, 3.05) is 37.6 Å². The molecule has 1 amide bonds. The summed E-state index contributed by atoms with van der Waals surface area (Å²) in [7, 11) is 2.07. The van der Waals surface area contributed by atoms with E-state index in [1.54, 1.807) is 6.92 Å². The van der Waals surface area contributed by atoms with Crippen LogP contribution in [0.3, 0.4) is 0 Å². The lowest BCUT2D eigenvalue weighted by atomic mass is 10.0. The number of rotatable bonds is 6. The van der Waals surface area contributed by atoms with E-state index in [1.807, 2.05) is 11.8 Å². The van der Waals surface area contributed by atoms with Crippen molar-refractivity contribution >= 4 is 33.9 Å². The number of aliphatic imine (C=N–C) groups is 1. The van der Waals surface area contributed by atoms with E-state index in [9.17, 15) is 4.79 Å². The van der Waals surface area contributed by atoms with E-state index in [4.69, 9.17) is 5.41 Å². The van der Waals surface area contributed by atoms with E-state index in [0.29, 0.717) is 25.2 Å². The van der Waals surface area contributed by atoms with E-state index in [1.165, 1.54) is 27.7 Å². The van der Waals surface area contributed by atoms with Crippen LogP contribution in [0.1, 0.15) is 20.3 Å². The summed E-state index contributed by atoms with van der Waals surface area (Å²) in [5.41, 5.74) is 6.29. The number of aromatic nitrogens is 1. The minimum Gasteiger partial charge on any atom is -0.367 e. The molecule has 1 N–H and O–H groups in total. The number of benzene rings is 2. The molecule has 6 heteroatoms. The number of aryl methyl sites for hydroxylation is 1. The van der Waals surface area contributed by atoms with Gasteiger partial charge in [-0.1, -0.05) is 24.3 Å². The summed E-state index contributed by atoms with van der Waals surface area (Å²) in [5.74, 6) is 0.0643. The SMILES string of the molecule is CC(=N)CC(C)=NCC(=O)N1CCN(c2ccccc2-c2ccc3c(ccn3C)c2)CC1. The molecule has 4 rings (SSSR count). The molecule has 1 aliphatic heterocycles. The summed E-state index contributed by atoms with van der Waals surface area (Å²) in [5, 5.41) is 8.79. The highest BCUT2D eigenvalue weighted by atomic mass is 16.2. The zero-order valence-electron chi connectivity index (χ0n) is 19.1. The van der Waals surface area contributed by atoms with Gasteiger partial charge in [-0.05, 0) is 43.7 Å². The van der Waals surface area contributed by atoms with Gasteiger partial charge in [0.1, 0.15) is 6.54 Å². The van der Waals surface area contributed by atoms with Crippen LogP contribution in [-0.4, -0.2) is 59.5 Å². The van der Waals surface area contributed by atoms with Crippen molar-refractivity contribution in [3.63, 3.8) is 0 Å². The fourth-order valence-corrected chi connectivity index (χ4v) is 4.38. The zero-order chi connectivity index (χ0) is 22.7. The normalized spacial score (nSPS) is 14.8. The lowest BCUT2D eigenvalue weighted by Crippen LogP contribution is -2.49. The predicted octanol–water partition coefficient (Wildman–Crippen LogP) is 4.38. The maximum atomic E-state index is 12.6. The molecule has 0 unspecified atom stereocenters. The molecule has 1 saturated heterocycles. The molecular weight excluding hydrogens is 398 g/mol. The molecule has 1 aromatic heterocycles. The van der Waals surface area contributed by atoms with Crippen LogP contribution in [0.15, 0.2) is 59.7 Å². The first kappa shape index (κ1) is 21.8. The van der Waals surface area contributed by atoms with Crippen molar-refractivity contribution < 1.29 is 4.79 Å². The maximum absolute atomic E-state index is 12.6. The highest BCUT2D eigenvalue weighted by Crippen LogP contribution is 2.33. The maximum Gasteiger partial charge on any atom is 0.244 e. The number of para-hydroxylation sites is 1. The number of nitrogens with zero attached hydrogens (tertiary/aromatic N) is 4. The molecule has 1 aliphatic rings. The van der Waals surface area contributed by atoms with Crippen LogP contribution in [0.5, 0.6) is 0 Å². The third-order valence-electron chi connectivity index (χ3n) is 6.08. The Balaban J connectivity index is 1.45. The fraction of sp³-hybridized carbons (Fsp3) is 0.346. The van der Waals surface area contributed by atoms with Crippen molar-refractivity contribution in [1.29, 1.82) is 5.41 Å². The van der Waals surface area contributed by atoms with Gasteiger partial charge in [0.05, 0.1) is 0 Å². The average Bonchev–Trinajstić information content (AvgIpc) is 3.17. The molecule has 166 valence electrons. The van der Waals surface area contributed by atoms with Crippen molar-refractivity contribution in [3.05, 3.63) is 54.7 Å². The molecule has 0 bridgehead atoms. The molecule has 2 aromatic carbocycles. The van der Waals surface area contributed by atoms with Crippen molar-refractivity contribution in [1.82, 2.24) is 9.47 Å². The van der Waals surface area contributed by atoms with Crippen molar-refractivity contribution in [2.24, 2.45) is 12.0 Å². The van der Waals surface area contributed by atoms with Crippen LogP contribution in [0.2, 0.25) is 0 Å². The van der Waals surface area contributed by atoms with Gasteiger partial charge in [-0.3, -0.25) is 9.79 Å². The van der Waals surface area contributed by atoms with Gasteiger partial charge in [0, 0.05) is 79.4 Å². The van der Waals surface area contributed by atoms with Gasteiger partial charge < -0.3 is 19.8 Å². The summed E-state index contributed by atoms with van der Waals surface area (Å²) in [6.45, 7) is 6.82. The van der Waals surface area contributed by atoms with Crippen LogP contribution in [0.25, 0.3) is 22.0 Å². The summed E-state index contributed by atoms with van der Waals surface area (Å²) in [6, 6.07) is 17.3. The molecule has 0 saturated carbocycles. The zero-order valence-corrected chi connectivity index (χ0v) is 19.1. The number of carbonyl (C=O) groups is 1. The summed E-state index contributed by atoms with van der Waals surface area (Å²) >= 11 is 0. The van der Waals surface area contributed by atoms with Gasteiger partial charge in [0.15, 0.2) is 0 Å². The van der Waals surface area contributed by atoms with Crippen LogP contribution >= 0.6 is 0 Å². The van der Waals surface area contributed by atoms with Gasteiger partial charge in [-0.2, -0.15) is 0 Å². The Hall–Kier alpha value is -3.41. The van der Waals surface area contributed by atoms with Crippen molar-refractivity contribution in [3.8, 4) is 11.1 Å². The van der Waals surface area contributed by atoms with Gasteiger partial charge >= 0.3 is 0 Å². The van der Waals surface area contributed by atoms with E-state index in [2.05, 4.69) is 76.2 Å². The van der Waals surface area contributed by atoms with E-state index in [-0.39, 0.29) is 12.5 Å². The van der Waals surface area contributed by atoms with Gasteiger partial charge in [-0.15, -0.1) is 0 Å². The molecule has 0 spiro atoms. The second-order valence-electron chi connectivity index (χ2n) is 8.59. The standard InChI is InChI=1S/C26H31N5O/c1-19(27)16-20(2)28-18-26(32)31-14-12-30(13-15-31)25-7-5-4-6-23(25)21-8-9-24-22(17-21)10-11-29(24)3/h4-11,17,27H,12-16,18H2,1-3H3. The largest absolute Gasteiger partial charge is 0.367 e. The Labute approximate surface area is 189 Å². The molecule has 2 heterocycles. The average molecular weight is 430 g/mol. The Morgan fingerprint density at radius 3 is 2.53 bits per heavy atom. The topological polar surface area (TPSA) is 64.7 Å². The second kappa shape index (κ2) is 9.39. The summed E-state index contributed by atoms with van der Waals surface area (Å²) < 4.78 is 2.14. The first-order chi connectivity index (χ1) is 15.4. The molecule has 0 aliphatic carbocycles. The number of fused-ring (bicyclic) bond motifs is 1. The van der Waals surface area contributed by atoms with E-state index in [0.717, 1.165) is 18.8 Å². The molecular formula is C26H31N5O. The summed E-state index contributed by atoms with van der Waals surface area (Å²) in [6.07, 6.45) is 2.63. The predicted molar refractivity (Wildman–Crippen MR) is 133 cm³/mol. The minimum absolute atomic E-state index is 0.0643. The molecule has 0 radical (unpaired) electrons. The van der Waals surface area contributed by atoms with E-state index >= 15 is 0 Å². The number of nitrogens with one attached hydrogen (secondary N) is 1. The molecule has 3 aromatic rings. The van der Waals surface area contributed by atoms with Crippen LogP contribution in [-0.2, 0) is 11.8 Å². The monoisotopic (exact) mass is 429 g/mol. The molecule has 6 nitrogen and oxygen atoms in total. The Morgan fingerprint density at radius 2 is 1.78 bits per heavy atom. The first-order valence-electron chi connectivity index (χ1n) is 11.1. The number of hydrogen-bond acceptors (Lipinski definition) is 4. The highest BCUT2D eigenvalue weighted by Gasteiger charge is 2.22. The lowest BCUT2D eigenvalue weighted by Gasteiger charge is -2.37. The number of amides is 1. The number of carbonyl (C=O) groups excluding carboxylic acids is 1. The van der Waals surface area contributed by atoms with E-state index < -0.39 is 0 Å². The molecule has 32 heavy (non-hydrogen) atoms. The summed E-state index contributed by atoms with van der Waals surface area (Å²) in [4.78, 5) is 21.2. The molecule has 0 atom stereocenters. The quantitative estimate of drug-likeness (QED) is 0.591. The van der Waals surface area contributed by atoms with Crippen molar-refractivity contribution in [2.45, 2.75) is 20.3 Å². The minimum atomic E-state index is 0.0643. The Bertz CT molecular complexity index is 1170. The number of hydrogen-bond donors (Lipinski definition) is 1. The number of piperazine rings is 1. The van der Waals surface area contributed by atoms with Crippen LogP contribution in [0, 0.1) is 5.41 Å². The third kappa shape index (κ3) is 4.74.